The topological polar surface area (TPSA) is 46.5 Å². The molecule has 0 unspecified atom stereocenters. The summed E-state index contributed by atoms with van der Waals surface area (Å²) in [6, 6.07) is 45.6. The maximum Gasteiger partial charge on any atom is 0.146 e. The fourth-order valence-electron chi connectivity index (χ4n) is 6.82. The van der Waals surface area contributed by atoms with E-state index in [9.17, 15) is 0 Å². The van der Waals surface area contributed by atoms with Crippen molar-refractivity contribution in [1.82, 2.24) is 19.5 Å². The van der Waals surface area contributed by atoms with Gasteiger partial charge in [0.2, 0.25) is 0 Å². The maximum atomic E-state index is 5.38. The summed E-state index contributed by atoms with van der Waals surface area (Å²) in [5.74, 6) is 1.01. The van der Waals surface area contributed by atoms with E-state index >= 15 is 0 Å². The van der Waals surface area contributed by atoms with Crippen LogP contribution in [0.3, 0.4) is 0 Å². The second-order valence-corrected chi connectivity index (χ2v) is 15.4. The van der Waals surface area contributed by atoms with Gasteiger partial charge in [0.15, 0.2) is 0 Å². The summed E-state index contributed by atoms with van der Waals surface area (Å²) in [5, 5.41) is 3.43. The van der Waals surface area contributed by atoms with Gasteiger partial charge < -0.3 is 4.98 Å². The molecule has 0 bridgehead atoms. The average molecular weight is 651 g/mol. The lowest BCUT2D eigenvalue weighted by Gasteiger charge is -2.26. The number of nitrogens with one attached hydrogen (secondary N) is 1. The van der Waals surface area contributed by atoms with E-state index in [4.69, 9.17) is 9.97 Å². The Morgan fingerprint density at radius 1 is 0.520 bits per heavy atom. The molecule has 4 aromatic heterocycles. The molecule has 4 heterocycles. The zero-order valence-corrected chi connectivity index (χ0v) is 29.6. The minimum Gasteiger partial charge on any atom is -0.340 e. The molecular weight excluding hydrogens is 609 g/mol. The molecule has 0 saturated carbocycles. The van der Waals surface area contributed by atoms with Crippen molar-refractivity contribution in [2.45, 2.75) is 52.4 Å². The number of H-pyrrole nitrogens is 1. The highest BCUT2D eigenvalue weighted by Crippen LogP contribution is 2.38. The van der Waals surface area contributed by atoms with E-state index < -0.39 is 0 Å². The van der Waals surface area contributed by atoms with E-state index in [1.807, 2.05) is 18.3 Å². The lowest BCUT2D eigenvalue weighted by molar-refractivity contribution is 0.569. The number of hydrogen-bond acceptors (Lipinski definition) is 2. The third kappa shape index (κ3) is 5.81. The molecule has 0 spiro atoms. The molecule has 4 aromatic carbocycles. The predicted molar refractivity (Wildman–Crippen MR) is 210 cm³/mol. The van der Waals surface area contributed by atoms with Crippen LogP contribution in [0.15, 0.2) is 140 Å². The van der Waals surface area contributed by atoms with E-state index in [1.165, 1.54) is 22.1 Å². The molecule has 50 heavy (non-hydrogen) atoms. The Morgan fingerprint density at radius 2 is 1.14 bits per heavy atom. The van der Waals surface area contributed by atoms with Crippen LogP contribution in [0.2, 0.25) is 0 Å². The van der Waals surface area contributed by atoms with Gasteiger partial charge in [0.25, 0.3) is 0 Å². The van der Waals surface area contributed by atoms with Crippen LogP contribution in [0.5, 0.6) is 0 Å². The molecule has 0 aliphatic carbocycles. The molecule has 0 aliphatic heterocycles. The monoisotopic (exact) mass is 650 g/mol. The highest BCUT2D eigenvalue weighted by Gasteiger charge is 2.22. The number of aromatic nitrogens is 4. The Hall–Kier alpha value is -5.74. The molecule has 8 aromatic rings. The molecule has 1 N–H and O–H groups in total. The molecule has 8 rings (SSSR count). The Labute approximate surface area is 294 Å². The van der Waals surface area contributed by atoms with Crippen LogP contribution in [-0.4, -0.2) is 19.5 Å². The zero-order valence-electron chi connectivity index (χ0n) is 29.6. The van der Waals surface area contributed by atoms with Crippen LogP contribution in [0, 0.1) is 0 Å². The molecule has 0 radical (unpaired) electrons. The van der Waals surface area contributed by atoms with Crippen LogP contribution in [0.4, 0.5) is 0 Å². The van der Waals surface area contributed by atoms with Crippen LogP contribution in [0.1, 0.15) is 52.7 Å². The number of fused-ring (bicyclic) bond motifs is 2. The van der Waals surface area contributed by atoms with Gasteiger partial charge in [-0.1, -0.05) is 120 Å². The van der Waals surface area contributed by atoms with E-state index in [0.29, 0.717) is 0 Å². The van der Waals surface area contributed by atoms with Crippen molar-refractivity contribution in [3.8, 4) is 50.7 Å². The van der Waals surface area contributed by atoms with Crippen molar-refractivity contribution >= 4 is 21.8 Å². The molecule has 0 fully saturated rings. The summed E-state index contributed by atoms with van der Waals surface area (Å²) >= 11 is 0. The summed E-state index contributed by atoms with van der Waals surface area (Å²) in [6.45, 7) is 13.7. The van der Waals surface area contributed by atoms with Crippen LogP contribution in [0.25, 0.3) is 72.5 Å². The van der Waals surface area contributed by atoms with Gasteiger partial charge >= 0.3 is 0 Å². The standard InChI is InChI=1S/C46H42N4/c1-45(2,3)36-27-33(28-37(29-36)46(4,5)6)32-24-34(40-18-12-13-22-47-40)26-35(25-32)41-20-19-31-21-23-50(43(31)48-41)44-39-17-11-10-16-38(39)42(49-44)30-14-8-7-9-15-30/h7-29,49H,1-6H3. The van der Waals surface area contributed by atoms with Crippen LogP contribution < -0.4 is 0 Å². The Morgan fingerprint density at radius 3 is 1.82 bits per heavy atom. The minimum atomic E-state index is 0.0117. The van der Waals surface area contributed by atoms with Crippen LogP contribution in [-0.2, 0) is 10.8 Å². The maximum absolute atomic E-state index is 5.38. The Bertz CT molecular complexity index is 2450. The fraction of sp³-hybridized carbons (Fsp3) is 0.174. The van der Waals surface area contributed by atoms with E-state index in [1.54, 1.807) is 0 Å². The van der Waals surface area contributed by atoms with Crippen molar-refractivity contribution in [1.29, 1.82) is 0 Å². The highest BCUT2D eigenvalue weighted by molar-refractivity contribution is 6.01. The quantitative estimate of drug-likeness (QED) is 0.201. The van der Waals surface area contributed by atoms with Gasteiger partial charge in [-0.2, -0.15) is 0 Å². The number of hydrogen-bond donors (Lipinski definition) is 1. The first-order valence-corrected chi connectivity index (χ1v) is 17.4. The summed E-state index contributed by atoms with van der Waals surface area (Å²) in [6.07, 6.45) is 3.98. The Balaban J connectivity index is 1.32. The van der Waals surface area contributed by atoms with Crippen molar-refractivity contribution < 1.29 is 0 Å². The van der Waals surface area contributed by atoms with Gasteiger partial charge in [0, 0.05) is 39.7 Å². The van der Waals surface area contributed by atoms with Gasteiger partial charge in [-0.25, -0.2) is 4.98 Å². The van der Waals surface area contributed by atoms with E-state index in [2.05, 4.69) is 173 Å². The normalized spacial score (nSPS) is 12.2. The Kier molecular flexibility index (Phi) is 7.56. The second kappa shape index (κ2) is 12.0. The van der Waals surface area contributed by atoms with Crippen LogP contribution >= 0.6 is 0 Å². The van der Waals surface area contributed by atoms with Crippen molar-refractivity contribution in [2.24, 2.45) is 0 Å². The minimum absolute atomic E-state index is 0.0117. The molecule has 4 nitrogen and oxygen atoms in total. The summed E-state index contributed by atoms with van der Waals surface area (Å²) in [4.78, 5) is 13.9. The SMILES string of the molecule is CC(C)(C)c1cc(-c2cc(-c3ccccn3)cc(-c3ccc4ccn(-c5[nH]c(-c6ccccc6)c6ccccc56)c4n3)c2)cc(C(C)(C)C)c1. The summed E-state index contributed by atoms with van der Waals surface area (Å²) in [5.41, 5.74) is 12.2. The molecular formula is C46H42N4. The largest absolute Gasteiger partial charge is 0.340 e. The lowest BCUT2D eigenvalue weighted by Crippen LogP contribution is -2.16. The highest BCUT2D eigenvalue weighted by atomic mass is 15.1. The third-order valence-electron chi connectivity index (χ3n) is 9.72. The number of rotatable bonds is 5. The second-order valence-electron chi connectivity index (χ2n) is 15.4. The smallest absolute Gasteiger partial charge is 0.146 e. The number of nitrogens with zero attached hydrogens (tertiary/aromatic N) is 3. The van der Waals surface area contributed by atoms with E-state index in [0.717, 1.165) is 61.6 Å². The zero-order chi connectivity index (χ0) is 34.6. The molecule has 0 aliphatic rings. The van der Waals surface area contributed by atoms with Gasteiger partial charge in [-0.15, -0.1) is 0 Å². The molecule has 0 atom stereocenters. The van der Waals surface area contributed by atoms with Gasteiger partial charge in [-0.3, -0.25) is 9.55 Å². The van der Waals surface area contributed by atoms with Crippen molar-refractivity contribution in [2.75, 3.05) is 0 Å². The third-order valence-corrected chi connectivity index (χ3v) is 9.72. The molecule has 246 valence electrons. The number of pyridine rings is 2. The van der Waals surface area contributed by atoms with Gasteiger partial charge in [0.05, 0.1) is 17.1 Å². The molecule has 0 saturated heterocycles. The average Bonchev–Trinajstić information content (AvgIpc) is 3.72. The van der Waals surface area contributed by atoms with Gasteiger partial charge in [-0.05, 0) is 87.2 Å². The van der Waals surface area contributed by atoms with Crippen molar-refractivity contribution in [3.63, 3.8) is 0 Å². The first-order chi connectivity index (χ1) is 24.0. The summed E-state index contributed by atoms with van der Waals surface area (Å²) in [7, 11) is 0. The predicted octanol–water partition coefficient (Wildman–Crippen LogP) is 12.2. The van der Waals surface area contributed by atoms with Gasteiger partial charge in [0.1, 0.15) is 11.5 Å². The molecule has 0 amide bonds. The first-order valence-electron chi connectivity index (χ1n) is 17.4. The first kappa shape index (κ1) is 31.5. The lowest BCUT2D eigenvalue weighted by atomic mass is 9.78. The molecule has 4 heteroatoms. The van der Waals surface area contributed by atoms with E-state index in [-0.39, 0.29) is 10.8 Å². The number of aromatic amines is 1. The number of benzene rings is 4. The van der Waals surface area contributed by atoms with Crippen molar-refractivity contribution in [3.05, 3.63) is 151 Å². The fourth-order valence-corrected chi connectivity index (χ4v) is 6.82. The summed E-state index contributed by atoms with van der Waals surface area (Å²) < 4.78 is 2.19.